The summed E-state index contributed by atoms with van der Waals surface area (Å²) in [7, 11) is 0.398. The van der Waals surface area contributed by atoms with Gasteiger partial charge in [-0.25, -0.2) is 0 Å². The van der Waals surface area contributed by atoms with Gasteiger partial charge in [-0.15, -0.1) is 0 Å². The van der Waals surface area contributed by atoms with Gasteiger partial charge < -0.3 is 5.32 Å². The van der Waals surface area contributed by atoms with Gasteiger partial charge in [0.1, 0.15) is 0 Å². The third-order valence-corrected chi connectivity index (χ3v) is 7.24. The molecule has 1 N–H and O–H groups in total. The molecular formula is C12H25N3O2S2. The molecule has 0 aliphatic carbocycles. The lowest BCUT2D eigenvalue weighted by atomic mass is 10.00. The van der Waals surface area contributed by atoms with Crippen LogP contribution in [-0.4, -0.2) is 68.3 Å². The average molecular weight is 307 g/mol. The number of nitrogens with one attached hydrogen (secondary N) is 1. The Bertz CT molecular complexity index is 380. The minimum absolute atomic E-state index is 0.180. The van der Waals surface area contributed by atoms with Crippen LogP contribution in [0.3, 0.4) is 0 Å². The van der Waals surface area contributed by atoms with Gasteiger partial charge in [0.25, 0.3) is 10.2 Å². The van der Waals surface area contributed by atoms with Crippen LogP contribution in [0, 0.1) is 5.92 Å². The smallest absolute Gasteiger partial charge is 0.282 e. The maximum Gasteiger partial charge on any atom is 0.282 e. The standard InChI is InChI=1S/C12H25N3O2S2/c1-13-8-11-4-3-6-15(9-11)19(16,17)14(2)12-5-7-18-10-12/h11-13H,3-10H2,1-2H3. The molecule has 2 aliphatic rings. The van der Waals surface area contributed by atoms with Crippen molar-refractivity contribution in [2.24, 2.45) is 5.92 Å². The predicted octanol–water partition coefficient (Wildman–Crippen LogP) is 0.600. The second-order valence-electron chi connectivity index (χ2n) is 5.47. The van der Waals surface area contributed by atoms with Crippen molar-refractivity contribution in [1.29, 1.82) is 0 Å². The number of nitrogens with zero attached hydrogens (tertiary/aromatic N) is 2. The zero-order valence-electron chi connectivity index (χ0n) is 11.8. The average Bonchev–Trinajstić information content (AvgIpc) is 2.92. The van der Waals surface area contributed by atoms with Crippen molar-refractivity contribution in [1.82, 2.24) is 13.9 Å². The Labute approximate surface area is 121 Å². The maximum absolute atomic E-state index is 12.6. The molecular weight excluding hydrogens is 282 g/mol. The van der Waals surface area contributed by atoms with Crippen molar-refractivity contribution in [3.63, 3.8) is 0 Å². The Morgan fingerprint density at radius 1 is 1.42 bits per heavy atom. The van der Waals surface area contributed by atoms with E-state index in [4.69, 9.17) is 0 Å². The van der Waals surface area contributed by atoms with E-state index in [0.717, 1.165) is 37.3 Å². The first-order chi connectivity index (χ1) is 9.05. The SMILES string of the molecule is CNCC1CCCN(S(=O)(=O)N(C)C2CCSC2)C1. The molecule has 2 heterocycles. The summed E-state index contributed by atoms with van der Waals surface area (Å²) in [5.74, 6) is 2.45. The summed E-state index contributed by atoms with van der Waals surface area (Å²) in [6.07, 6.45) is 3.07. The Morgan fingerprint density at radius 2 is 2.21 bits per heavy atom. The molecule has 7 heteroatoms. The van der Waals surface area contributed by atoms with E-state index in [1.807, 2.05) is 18.8 Å². The van der Waals surface area contributed by atoms with Crippen LogP contribution in [0.5, 0.6) is 0 Å². The Kier molecular flexibility index (Phi) is 5.54. The molecule has 2 rings (SSSR count). The summed E-state index contributed by atoms with van der Waals surface area (Å²) in [4.78, 5) is 0. The van der Waals surface area contributed by atoms with Crippen molar-refractivity contribution < 1.29 is 8.42 Å². The highest BCUT2D eigenvalue weighted by atomic mass is 32.2. The first kappa shape index (κ1) is 15.6. The monoisotopic (exact) mass is 307 g/mol. The molecule has 0 bridgehead atoms. The molecule has 0 radical (unpaired) electrons. The van der Waals surface area contributed by atoms with E-state index in [1.165, 1.54) is 0 Å². The van der Waals surface area contributed by atoms with Gasteiger partial charge in [0, 0.05) is 31.9 Å². The Balaban J connectivity index is 2.01. The van der Waals surface area contributed by atoms with Gasteiger partial charge in [-0.05, 0) is 44.5 Å². The van der Waals surface area contributed by atoms with Crippen LogP contribution < -0.4 is 5.32 Å². The van der Waals surface area contributed by atoms with E-state index >= 15 is 0 Å². The number of hydrogen-bond donors (Lipinski definition) is 1. The van der Waals surface area contributed by atoms with Crippen molar-refractivity contribution in [3.8, 4) is 0 Å². The van der Waals surface area contributed by atoms with Crippen LogP contribution in [0.2, 0.25) is 0 Å². The maximum atomic E-state index is 12.6. The van der Waals surface area contributed by atoms with Crippen molar-refractivity contribution in [2.45, 2.75) is 25.3 Å². The van der Waals surface area contributed by atoms with Crippen LogP contribution in [0.4, 0.5) is 0 Å². The highest BCUT2D eigenvalue weighted by Crippen LogP contribution is 2.26. The molecule has 19 heavy (non-hydrogen) atoms. The van der Waals surface area contributed by atoms with E-state index in [0.29, 0.717) is 19.0 Å². The number of rotatable bonds is 5. The predicted molar refractivity (Wildman–Crippen MR) is 80.6 cm³/mol. The van der Waals surface area contributed by atoms with Gasteiger partial charge >= 0.3 is 0 Å². The lowest BCUT2D eigenvalue weighted by molar-refractivity contribution is 0.242. The molecule has 0 aromatic rings. The molecule has 0 saturated carbocycles. The molecule has 0 amide bonds. The minimum atomic E-state index is -3.27. The van der Waals surface area contributed by atoms with E-state index < -0.39 is 10.2 Å². The Hall–Kier alpha value is 0.180. The summed E-state index contributed by atoms with van der Waals surface area (Å²) >= 11 is 1.85. The molecule has 0 aromatic heterocycles. The van der Waals surface area contributed by atoms with Crippen LogP contribution in [-0.2, 0) is 10.2 Å². The van der Waals surface area contributed by atoms with Gasteiger partial charge in [0.05, 0.1) is 0 Å². The van der Waals surface area contributed by atoms with Gasteiger partial charge in [0.2, 0.25) is 0 Å². The fourth-order valence-corrected chi connectivity index (χ4v) is 5.91. The van der Waals surface area contributed by atoms with Gasteiger partial charge in [-0.2, -0.15) is 28.8 Å². The van der Waals surface area contributed by atoms with Crippen LogP contribution in [0.1, 0.15) is 19.3 Å². The zero-order chi connectivity index (χ0) is 13.9. The topological polar surface area (TPSA) is 52.7 Å². The van der Waals surface area contributed by atoms with Gasteiger partial charge in [-0.3, -0.25) is 0 Å². The molecule has 2 aliphatic heterocycles. The van der Waals surface area contributed by atoms with E-state index in [2.05, 4.69) is 5.32 Å². The molecule has 5 nitrogen and oxygen atoms in total. The minimum Gasteiger partial charge on any atom is -0.319 e. The summed E-state index contributed by atoms with van der Waals surface area (Å²) in [6.45, 7) is 2.23. The van der Waals surface area contributed by atoms with Crippen LogP contribution in [0.25, 0.3) is 0 Å². The molecule has 2 fully saturated rings. The zero-order valence-corrected chi connectivity index (χ0v) is 13.5. The highest BCUT2D eigenvalue weighted by molar-refractivity contribution is 7.99. The largest absolute Gasteiger partial charge is 0.319 e. The molecule has 0 aromatic carbocycles. The summed E-state index contributed by atoms with van der Waals surface area (Å²) < 4.78 is 28.6. The summed E-state index contributed by atoms with van der Waals surface area (Å²) in [6, 6.07) is 0.180. The normalized spacial score (nSPS) is 30.1. The van der Waals surface area contributed by atoms with Crippen LogP contribution >= 0.6 is 11.8 Å². The molecule has 112 valence electrons. The van der Waals surface area contributed by atoms with E-state index in [-0.39, 0.29) is 6.04 Å². The summed E-state index contributed by atoms with van der Waals surface area (Å²) in [5.41, 5.74) is 0. The molecule has 2 unspecified atom stereocenters. The lowest BCUT2D eigenvalue weighted by Crippen LogP contribution is -2.50. The lowest BCUT2D eigenvalue weighted by Gasteiger charge is -2.36. The van der Waals surface area contributed by atoms with Crippen molar-refractivity contribution in [3.05, 3.63) is 0 Å². The quantitative estimate of drug-likeness (QED) is 0.808. The number of hydrogen-bond acceptors (Lipinski definition) is 4. The number of piperidine rings is 1. The second kappa shape index (κ2) is 6.76. The molecule has 2 atom stereocenters. The fraction of sp³-hybridized carbons (Fsp3) is 1.00. The highest BCUT2D eigenvalue weighted by Gasteiger charge is 2.35. The molecule has 2 saturated heterocycles. The Morgan fingerprint density at radius 3 is 2.84 bits per heavy atom. The first-order valence-electron chi connectivity index (χ1n) is 7.01. The molecule has 0 spiro atoms. The second-order valence-corrected chi connectivity index (χ2v) is 8.60. The van der Waals surface area contributed by atoms with Crippen LogP contribution in [0.15, 0.2) is 0 Å². The van der Waals surface area contributed by atoms with Gasteiger partial charge in [-0.1, -0.05) is 0 Å². The van der Waals surface area contributed by atoms with Crippen molar-refractivity contribution in [2.75, 3.05) is 45.2 Å². The number of thioether (sulfide) groups is 1. The van der Waals surface area contributed by atoms with E-state index in [1.54, 1.807) is 15.7 Å². The third kappa shape index (κ3) is 3.64. The van der Waals surface area contributed by atoms with Gasteiger partial charge in [0.15, 0.2) is 0 Å². The third-order valence-electron chi connectivity index (χ3n) is 4.08. The van der Waals surface area contributed by atoms with Crippen molar-refractivity contribution >= 4 is 22.0 Å². The fourth-order valence-electron chi connectivity index (χ4n) is 2.87. The first-order valence-corrected chi connectivity index (χ1v) is 9.56. The summed E-state index contributed by atoms with van der Waals surface area (Å²) in [5, 5.41) is 3.16. The van der Waals surface area contributed by atoms with E-state index in [9.17, 15) is 8.42 Å².